The minimum absolute atomic E-state index is 0.0399. The van der Waals surface area contributed by atoms with Crippen LogP contribution in [0.15, 0.2) is 66.7 Å². The summed E-state index contributed by atoms with van der Waals surface area (Å²) >= 11 is 0. The van der Waals surface area contributed by atoms with Crippen LogP contribution in [0.3, 0.4) is 0 Å². The van der Waals surface area contributed by atoms with Gasteiger partial charge in [-0.05, 0) is 62.6 Å². The molecule has 246 valence electrons. The predicted octanol–water partition coefficient (Wildman–Crippen LogP) is 7.45. The van der Waals surface area contributed by atoms with Crippen molar-refractivity contribution in [3.63, 3.8) is 0 Å². The molecular weight excluding hydrogens is 587 g/mol. The lowest BCUT2D eigenvalue weighted by Crippen LogP contribution is -2.51. The molecule has 3 aromatic rings. The van der Waals surface area contributed by atoms with E-state index in [2.05, 4.69) is 30.3 Å². The first-order chi connectivity index (χ1) is 22.1. The van der Waals surface area contributed by atoms with Crippen LogP contribution in [0, 0.1) is 11.7 Å². The van der Waals surface area contributed by atoms with Crippen LogP contribution < -0.4 is 14.4 Å². The quantitative estimate of drug-likeness (QED) is 0.204. The summed E-state index contributed by atoms with van der Waals surface area (Å²) in [6, 6.07) is 21.1. The van der Waals surface area contributed by atoms with Crippen LogP contribution in [0.4, 0.5) is 14.9 Å². The topological polar surface area (TPSA) is 77.5 Å². The predicted molar refractivity (Wildman–Crippen MR) is 176 cm³/mol. The van der Waals surface area contributed by atoms with E-state index in [1.807, 2.05) is 45.0 Å². The summed E-state index contributed by atoms with van der Waals surface area (Å²) in [5.41, 5.74) is 2.86. The first-order valence-corrected chi connectivity index (χ1v) is 16.0. The van der Waals surface area contributed by atoms with Gasteiger partial charge in [-0.25, -0.2) is 9.18 Å². The number of piperidine rings is 1. The molecule has 2 fully saturated rings. The number of carbonyl (C=O) groups excluding carboxylic acids is 2. The number of ether oxygens (including phenoxy) is 4. The summed E-state index contributed by atoms with van der Waals surface area (Å²) in [6.45, 7) is 6.95. The Morgan fingerprint density at radius 1 is 0.913 bits per heavy atom. The molecule has 5 rings (SSSR count). The van der Waals surface area contributed by atoms with Crippen molar-refractivity contribution in [3.8, 4) is 22.6 Å². The van der Waals surface area contributed by atoms with Crippen molar-refractivity contribution in [1.82, 2.24) is 4.90 Å². The van der Waals surface area contributed by atoms with Crippen molar-refractivity contribution < 1.29 is 32.9 Å². The van der Waals surface area contributed by atoms with Gasteiger partial charge in [-0.2, -0.15) is 0 Å². The largest absolute Gasteiger partial charge is 0.494 e. The van der Waals surface area contributed by atoms with Gasteiger partial charge in [-0.15, -0.1) is 0 Å². The molecule has 0 spiro atoms. The van der Waals surface area contributed by atoms with Crippen molar-refractivity contribution >= 4 is 17.7 Å². The van der Waals surface area contributed by atoms with Gasteiger partial charge in [-0.3, -0.25) is 4.79 Å². The summed E-state index contributed by atoms with van der Waals surface area (Å²) in [5, 5.41) is 0. The maximum Gasteiger partial charge on any atom is 0.410 e. The standard InChI is InChI=1S/C37H45FN2O6/c1-37(2,3)46-36(42)39-18-17-29(27-14-9-13-26(21-27)25-11-7-6-8-12-25)30(24-39)35(41)40(28-15-16-28)32-22-31(38)33(44-5)23-34(32)45-20-10-19-43-4/h6-9,11-14,21-23,28-30H,10,15-20,24H2,1-5H3/t29-,30+/m1/s1. The molecule has 9 heteroatoms. The van der Waals surface area contributed by atoms with E-state index in [0.29, 0.717) is 44.0 Å². The van der Waals surface area contributed by atoms with Gasteiger partial charge in [0, 0.05) is 51.4 Å². The van der Waals surface area contributed by atoms with Gasteiger partial charge in [0.05, 0.1) is 25.3 Å². The molecule has 1 heterocycles. The number of halogens is 1. The normalized spacial score (nSPS) is 18.2. The number of amides is 2. The second-order valence-corrected chi connectivity index (χ2v) is 13.0. The van der Waals surface area contributed by atoms with Gasteiger partial charge in [0.15, 0.2) is 11.6 Å². The second-order valence-electron chi connectivity index (χ2n) is 13.0. The fourth-order valence-corrected chi connectivity index (χ4v) is 6.05. The van der Waals surface area contributed by atoms with Gasteiger partial charge >= 0.3 is 6.09 Å². The van der Waals surface area contributed by atoms with E-state index in [0.717, 1.165) is 29.5 Å². The molecule has 0 unspecified atom stereocenters. The van der Waals surface area contributed by atoms with Crippen molar-refractivity contribution in [2.75, 3.05) is 45.4 Å². The van der Waals surface area contributed by atoms with Crippen LogP contribution in [-0.2, 0) is 14.3 Å². The molecule has 1 aliphatic heterocycles. The number of hydrogen-bond donors (Lipinski definition) is 0. The Hall–Kier alpha value is -4.11. The van der Waals surface area contributed by atoms with E-state index in [-0.39, 0.29) is 30.2 Å². The number of hydrogen-bond acceptors (Lipinski definition) is 6. The van der Waals surface area contributed by atoms with E-state index < -0.39 is 23.4 Å². The highest BCUT2D eigenvalue weighted by atomic mass is 19.1. The Morgan fingerprint density at radius 2 is 1.65 bits per heavy atom. The lowest BCUT2D eigenvalue weighted by Gasteiger charge is -2.41. The van der Waals surface area contributed by atoms with Crippen LogP contribution in [0.2, 0.25) is 0 Å². The van der Waals surface area contributed by atoms with Crippen LogP contribution >= 0.6 is 0 Å². The SMILES string of the molecule is COCCCOc1cc(OC)c(F)cc1N(C(=O)[C@H]1CN(C(=O)OC(C)(C)C)CC[C@@H]1c1cccc(-c2ccccc2)c1)C1CC1. The van der Waals surface area contributed by atoms with Gasteiger partial charge < -0.3 is 28.7 Å². The Labute approximate surface area is 271 Å². The third-order valence-electron chi connectivity index (χ3n) is 8.40. The van der Waals surface area contributed by atoms with E-state index >= 15 is 4.39 Å². The minimum Gasteiger partial charge on any atom is -0.494 e. The van der Waals surface area contributed by atoms with Gasteiger partial charge in [0.2, 0.25) is 5.91 Å². The van der Waals surface area contributed by atoms with E-state index in [9.17, 15) is 9.59 Å². The molecule has 2 amide bonds. The number of nitrogens with zero attached hydrogens (tertiary/aromatic N) is 2. The maximum atomic E-state index is 15.3. The van der Waals surface area contributed by atoms with Gasteiger partial charge in [-0.1, -0.05) is 54.6 Å². The van der Waals surface area contributed by atoms with Crippen LogP contribution in [0.25, 0.3) is 11.1 Å². The number of benzene rings is 3. The smallest absolute Gasteiger partial charge is 0.410 e. The third kappa shape index (κ3) is 7.99. The Balaban J connectivity index is 1.53. The molecule has 0 radical (unpaired) electrons. The molecular formula is C37H45FN2O6. The average Bonchev–Trinajstić information content (AvgIpc) is 3.88. The Bertz CT molecular complexity index is 1500. The highest BCUT2D eigenvalue weighted by molar-refractivity contribution is 5.98. The zero-order valence-corrected chi connectivity index (χ0v) is 27.5. The summed E-state index contributed by atoms with van der Waals surface area (Å²) in [7, 11) is 3.02. The van der Waals surface area contributed by atoms with Crippen molar-refractivity contribution in [2.24, 2.45) is 5.92 Å². The Kier molecular flexibility index (Phi) is 10.5. The molecule has 0 N–H and O–H groups in total. The van der Waals surface area contributed by atoms with Crippen molar-refractivity contribution in [1.29, 1.82) is 0 Å². The van der Waals surface area contributed by atoms with Crippen molar-refractivity contribution in [3.05, 3.63) is 78.1 Å². The molecule has 0 bridgehead atoms. The summed E-state index contributed by atoms with van der Waals surface area (Å²) in [6.07, 6.45) is 2.33. The monoisotopic (exact) mass is 632 g/mol. The fraction of sp³-hybridized carbons (Fsp3) is 0.459. The van der Waals surface area contributed by atoms with E-state index in [1.54, 1.807) is 16.9 Å². The highest BCUT2D eigenvalue weighted by Crippen LogP contribution is 2.44. The first kappa shape index (κ1) is 33.3. The van der Waals surface area contributed by atoms with Gasteiger partial charge in [0.25, 0.3) is 0 Å². The van der Waals surface area contributed by atoms with E-state index in [1.165, 1.54) is 19.2 Å². The molecule has 46 heavy (non-hydrogen) atoms. The zero-order chi connectivity index (χ0) is 32.8. The molecule has 2 aliphatic rings. The molecule has 3 aromatic carbocycles. The fourth-order valence-electron chi connectivity index (χ4n) is 6.05. The zero-order valence-electron chi connectivity index (χ0n) is 27.5. The molecule has 0 aromatic heterocycles. The summed E-state index contributed by atoms with van der Waals surface area (Å²) < 4.78 is 37.6. The molecule has 1 saturated carbocycles. The van der Waals surface area contributed by atoms with Crippen LogP contribution in [0.5, 0.6) is 11.5 Å². The second kappa shape index (κ2) is 14.5. The lowest BCUT2D eigenvalue weighted by molar-refractivity contribution is -0.124. The van der Waals surface area contributed by atoms with Crippen molar-refractivity contribution in [2.45, 2.75) is 64.0 Å². The van der Waals surface area contributed by atoms with E-state index in [4.69, 9.17) is 18.9 Å². The first-order valence-electron chi connectivity index (χ1n) is 16.0. The highest BCUT2D eigenvalue weighted by Gasteiger charge is 2.45. The Morgan fingerprint density at radius 3 is 2.33 bits per heavy atom. The van der Waals surface area contributed by atoms with Crippen LogP contribution in [-0.4, -0.2) is 69.1 Å². The number of methoxy groups -OCH3 is 2. The molecule has 2 atom stereocenters. The summed E-state index contributed by atoms with van der Waals surface area (Å²) in [4.78, 5) is 31.5. The maximum absolute atomic E-state index is 15.3. The minimum atomic E-state index is -0.673. The van der Waals surface area contributed by atoms with Crippen LogP contribution in [0.1, 0.15) is 57.9 Å². The summed E-state index contributed by atoms with van der Waals surface area (Å²) in [5.74, 6) is -1.11. The molecule has 1 aliphatic carbocycles. The molecule has 1 saturated heterocycles. The van der Waals surface area contributed by atoms with Gasteiger partial charge in [0.1, 0.15) is 11.4 Å². The molecule has 8 nitrogen and oxygen atoms in total. The third-order valence-corrected chi connectivity index (χ3v) is 8.40. The average molecular weight is 633 g/mol. The number of anilines is 1. The number of rotatable bonds is 11. The number of carbonyl (C=O) groups is 2. The number of likely N-dealkylation sites (tertiary alicyclic amines) is 1. The lowest BCUT2D eigenvalue weighted by atomic mass is 9.78.